The summed E-state index contributed by atoms with van der Waals surface area (Å²) in [6.45, 7) is 4.83. The zero-order valence-electron chi connectivity index (χ0n) is 11.4. The average Bonchev–Trinajstić information content (AvgIpc) is 2.64. The van der Waals surface area contributed by atoms with Crippen LogP contribution in [0.15, 0.2) is 12.3 Å². The Balaban J connectivity index is 2.26. The highest BCUT2D eigenvalue weighted by Crippen LogP contribution is 2.20. The molecular formula is C13H20N4O. The molecule has 2 heterocycles. The SMILES string of the molecule is CCC(COC)Nc1cnc2c(c1)c(C)nn2C. The van der Waals surface area contributed by atoms with Crippen molar-refractivity contribution in [3.63, 3.8) is 0 Å². The van der Waals surface area contributed by atoms with E-state index in [9.17, 15) is 0 Å². The molecule has 2 aromatic rings. The third-order valence-electron chi connectivity index (χ3n) is 3.09. The molecule has 1 atom stereocenters. The molecule has 0 aromatic carbocycles. The van der Waals surface area contributed by atoms with E-state index in [0.29, 0.717) is 12.6 Å². The molecule has 0 spiro atoms. The van der Waals surface area contributed by atoms with E-state index < -0.39 is 0 Å². The molecule has 1 N–H and O–H groups in total. The standard InChI is InChI=1S/C13H20N4O/c1-5-10(8-18-4)15-11-6-12-9(2)16-17(3)13(12)14-7-11/h6-7,10,15H,5,8H2,1-4H3. The number of hydrogen-bond acceptors (Lipinski definition) is 4. The second kappa shape index (κ2) is 5.35. The first-order chi connectivity index (χ1) is 8.65. The maximum atomic E-state index is 5.18. The molecule has 0 bridgehead atoms. The number of aryl methyl sites for hydroxylation is 2. The second-order valence-corrected chi connectivity index (χ2v) is 4.51. The lowest BCUT2D eigenvalue weighted by atomic mass is 10.2. The number of methoxy groups -OCH3 is 1. The molecule has 0 amide bonds. The van der Waals surface area contributed by atoms with Crippen LogP contribution in [0, 0.1) is 6.92 Å². The van der Waals surface area contributed by atoms with E-state index in [0.717, 1.165) is 28.8 Å². The van der Waals surface area contributed by atoms with Gasteiger partial charge in [-0.15, -0.1) is 0 Å². The van der Waals surface area contributed by atoms with Gasteiger partial charge in [0.1, 0.15) is 0 Å². The van der Waals surface area contributed by atoms with Crippen LogP contribution in [-0.2, 0) is 11.8 Å². The van der Waals surface area contributed by atoms with Crippen molar-refractivity contribution in [2.75, 3.05) is 19.0 Å². The molecule has 0 saturated heterocycles. The number of fused-ring (bicyclic) bond motifs is 1. The first kappa shape index (κ1) is 12.8. The van der Waals surface area contributed by atoms with E-state index in [1.807, 2.05) is 20.2 Å². The molecule has 2 rings (SSSR count). The maximum absolute atomic E-state index is 5.18. The van der Waals surface area contributed by atoms with Crippen molar-refractivity contribution in [3.05, 3.63) is 18.0 Å². The molecule has 1 unspecified atom stereocenters. The average molecular weight is 248 g/mol. The lowest BCUT2D eigenvalue weighted by Crippen LogP contribution is -2.23. The first-order valence-electron chi connectivity index (χ1n) is 6.20. The molecule has 0 aliphatic heterocycles. The van der Waals surface area contributed by atoms with Crippen molar-refractivity contribution in [2.45, 2.75) is 26.3 Å². The number of rotatable bonds is 5. The van der Waals surface area contributed by atoms with Crippen molar-refractivity contribution >= 4 is 16.7 Å². The summed E-state index contributed by atoms with van der Waals surface area (Å²) in [4.78, 5) is 4.45. The zero-order chi connectivity index (χ0) is 13.1. The third kappa shape index (κ3) is 2.46. The van der Waals surface area contributed by atoms with Gasteiger partial charge in [0.25, 0.3) is 0 Å². The summed E-state index contributed by atoms with van der Waals surface area (Å²) in [6, 6.07) is 2.41. The van der Waals surface area contributed by atoms with Gasteiger partial charge in [0.2, 0.25) is 0 Å². The van der Waals surface area contributed by atoms with Gasteiger partial charge in [0, 0.05) is 25.6 Å². The molecule has 0 radical (unpaired) electrons. The minimum Gasteiger partial charge on any atom is -0.383 e. The van der Waals surface area contributed by atoms with E-state index in [2.05, 4.69) is 28.4 Å². The Kier molecular flexibility index (Phi) is 3.81. The fraction of sp³-hybridized carbons (Fsp3) is 0.538. The Bertz CT molecular complexity index is 535. The predicted molar refractivity (Wildman–Crippen MR) is 72.8 cm³/mol. The van der Waals surface area contributed by atoms with Crippen LogP contribution in [0.5, 0.6) is 0 Å². The number of ether oxygens (including phenoxy) is 1. The summed E-state index contributed by atoms with van der Waals surface area (Å²) >= 11 is 0. The maximum Gasteiger partial charge on any atom is 0.157 e. The summed E-state index contributed by atoms with van der Waals surface area (Å²) < 4.78 is 6.99. The van der Waals surface area contributed by atoms with Crippen LogP contribution in [0.3, 0.4) is 0 Å². The minimum absolute atomic E-state index is 0.311. The predicted octanol–water partition coefficient (Wildman–Crippen LogP) is 2.11. The van der Waals surface area contributed by atoms with Crippen LogP contribution < -0.4 is 5.32 Å². The van der Waals surface area contributed by atoms with Crippen molar-refractivity contribution in [3.8, 4) is 0 Å². The largest absolute Gasteiger partial charge is 0.383 e. The monoisotopic (exact) mass is 248 g/mol. The molecule has 2 aromatic heterocycles. The minimum atomic E-state index is 0.311. The lowest BCUT2D eigenvalue weighted by molar-refractivity contribution is 0.184. The van der Waals surface area contributed by atoms with Crippen LogP contribution in [0.2, 0.25) is 0 Å². The Labute approximate surface area is 107 Å². The number of hydrogen-bond donors (Lipinski definition) is 1. The smallest absolute Gasteiger partial charge is 0.157 e. The number of pyridine rings is 1. The van der Waals surface area contributed by atoms with Gasteiger partial charge in [0.15, 0.2) is 5.65 Å². The van der Waals surface area contributed by atoms with Gasteiger partial charge >= 0.3 is 0 Å². The Morgan fingerprint density at radius 1 is 1.50 bits per heavy atom. The van der Waals surface area contributed by atoms with Crippen LogP contribution in [0.25, 0.3) is 11.0 Å². The van der Waals surface area contributed by atoms with Gasteiger partial charge in [-0.25, -0.2) is 4.98 Å². The normalized spacial score (nSPS) is 12.9. The van der Waals surface area contributed by atoms with Crippen molar-refractivity contribution in [1.82, 2.24) is 14.8 Å². The van der Waals surface area contributed by atoms with Crippen molar-refractivity contribution < 1.29 is 4.74 Å². The van der Waals surface area contributed by atoms with E-state index in [4.69, 9.17) is 4.74 Å². The first-order valence-corrected chi connectivity index (χ1v) is 6.20. The van der Waals surface area contributed by atoms with Crippen LogP contribution in [-0.4, -0.2) is 34.5 Å². The second-order valence-electron chi connectivity index (χ2n) is 4.51. The van der Waals surface area contributed by atoms with Crippen LogP contribution >= 0.6 is 0 Å². The molecule has 0 aliphatic rings. The summed E-state index contributed by atoms with van der Waals surface area (Å²) in [5.41, 5.74) is 2.93. The van der Waals surface area contributed by atoms with Gasteiger partial charge in [-0.2, -0.15) is 5.10 Å². The van der Waals surface area contributed by atoms with E-state index in [-0.39, 0.29) is 0 Å². The topological polar surface area (TPSA) is 52.0 Å². The Morgan fingerprint density at radius 2 is 2.28 bits per heavy atom. The summed E-state index contributed by atoms with van der Waals surface area (Å²) in [5, 5.41) is 8.89. The van der Waals surface area contributed by atoms with Crippen LogP contribution in [0.4, 0.5) is 5.69 Å². The molecule has 0 fully saturated rings. The molecular weight excluding hydrogens is 228 g/mol. The number of nitrogens with zero attached hydrogens (tertiary/aromatic N) is 3. The van der Waals surface area contributed by atoms with Crippen LogP contribution in [0.1, 0.15) is 19.0 Å². The summed E-state index contributed by atoms with van der Waals surface area (Å²) in [6.07, 6.45) is 2.86. The fourth-order valence-electron chi connectivity index (χ4n) is 2.09. The van der Waals surface area contributed by atoms with E-state index in [1.54, 1.807) is 11.8 Å². The number of nitrogens with one attached hydrogen (secondary N) is 1. The highest BCUT2D eigenvalue weighted by molar-refractivity contribution is 5.81. The van der Waals surface area contributed by atoms with Gasteiger partial charge in [-0.1, -0.05) is 6.92 Å². The Morgan fingerprint density at radius 3 is 2.94 bits per heavy atom. The van der Waals surface area contributed by atoms with Gasteiger partial charge in [-0.3, -0.25) is 4.68 Å². The van der Waals surface area contributed by atoms with Gasteiger partial charge < -0.3 is 10.1 Å². The quantitative estimate of drug-likeness (QED) is 0.880. The molecule has 0 aliphatic carbocycles. The molecule has 5 heteroatoms. The highest BCUT2D eigenvalue weighted by atomic mass is 16.5. The van der Waals surface area contributed by atoms with Crippen molar-refractivity contribution in [2.24, 2.45) is 7.05 Å². The zero-order valence-corrected chi connectivity index (χ0v) is 11.4. The number of anilines is 1. The summed E-state index contributed by atoms with van der Waals surface area (Å²) in [7, 11) is 3.63. The number of aromatic nitrogens is 3. The molecule has 18 heavy (non-hydrogen) atoms. The molecule has 98 valence electrons. The lowest BCUT2D eigenvalue weighted by Gasteiger charge is -2.16. The van der Waals surface area contributed by atoms with Gasteiger partial charge in [0.05, 0.1) is 24.2 Å². The molecule has 5 nitrogen and oxygen atoms in total. The van der Waals surface area contributed by atoms with E-state index in [1.165, 1.54) is 0 Å². The van der Waals surface area contributed by atoms with E-state index >= 15 is 0 Å². The fourth-order valence-corrected chi connectivity index (χ4v) is 2.09. The van der Waals surface area contributed by atoms with Gasteiger partial charge in [-0.05, 0) is 19.4 Å². The molecule has 0 saturated carbocycles. The Hall–Kier alpha value is -1.62. The highest BCUT2D eigenvalue weighted by Gasteiger charge is 2.09. The third-order valence-corrected chi connectivity index (χ3v) is 3.09. The summed E-state index contributed by atoms with van der Waals surface area (Å²) in [5.74, 6) is 0. The van der Waals surface area contributed by atoms with Crippen molar-refractivity contribution in [1.29, 1.82) is 0 Å².